The van der Waals surface area contributed by atoms with Crippen LogP contribution in [0.1, 0.15) is 26.2 Å². The zero-order chi connectivity index (χ0) is 12.3. The van der Waals surface area contributed by atoms with Crippen molar-refractivity contribution in [2.45, 2.75) is 26.2 Å². The van der Waals surface area contributed by atoms with Gasteiger partial charge in [0.15, 0.2) is 0 Å². The molecule has 1 aromatic rings. The number of hydrogen-bond donors (Lipinski definition) is 2. The average Bonchev–Trinajstić information content (AvgIpc) is 2.35. The Morgan fingerprint density at radius 1 is 1.12 bits per heavy atom. The van der Waals surface area contributed by atoms with Crippen LogP contribution in [0.4, 0.5) is 11.6 Å². The van der Waals surface area contributed by atoms with Crippen molar-refractivity contribution in [2.75, 3.05) is 35.7 Å². The second kappa shape index (κ2) is 9.10. The molecule has 0 unspecified atom stereocenters. The van der Waals surface area contributed by atoms with Crippen molar-refractivity contribution in [3.05, 3.63) is 12.4 Å². The number of rotatable bonds is 9. The van der Waals surface area contributed by atoms with Crippen LogP contribution >= 0.6 is 11.8 Å². The number of nitrogens with zero attached hydrogens (tertiary/aromatic N) is 2. The Bertz CT molecular complexity index is 306. The van der Waals surface area contributed by atoms with Gasteiger partial charge < -0.3 is 10.6 Å². The lowest BCUT2D eigenvalue weighted by Gasteiger charge is -2.07. The lowest BCUT2D eigenvalue weighted by molar-refractivity contribution is 0.748. The summed E-state index contributed by atoms with van der Waals surface area (Å²) in [4.78, 5) is 8.32. The van der Waals surface area contributed by atoms with E-state index in [1.165, 1.54) is 25.0 Å². The number of hydrogen-bond acceptors (Lipinski definition) is 5. The standard InChI is InChI=1S/C12H22N4S/c1-3-13-11-9-12(16-10-15-11)14-7-5-4-6-8-17-2/h9-10H,3-8H2,1-2H3,(H2,13,14,15,16). The molecular weight excluding hydrogens is 232 g/mol. The number of nitrogens with one attached hydrogen (secondary N) is 2. The molecule has 0 amide bonds. The maximum atomic E-state index is 4.19. The van der Waals surface area contributed by atoms with Gasteiger partial charge in [-0.25, -0.2) is 9.97 Å². The van der Waals surface area contributed by atoms with E-state index in [-0.39, 0.29) is 0 Å². The van der Waals surface area contributed by atoms with E-state index in [1.54, 1.807) is 6.33 Å². The highest BCUT2D eigenvalue weighted by Gasteiger charge is 1.96. The smallest absolute Gasteiger partial charge is 0.131 e. The molecule has 1 heterocycles. The normalized spacial score (nSPS) is 10.2. The molecule has 4 nitrogen and oxygen atoms in total. The lowest BCUT2D eigenvalue weighted by atomic mass is 10.2. The van der Waals surface area contributed by atoms with Gasteiger partial charge in [0.05, 0.1) is 0 Å². The van der Waals surface area contributed by atoms with Gasteiger partial charge in [0.1, 0.15) is 18.0 Å². The van der Waals surface area contributed by atoms with Gasteiger partial charge >= 0.3 is 0 Å². The van der Waals surface area contributed by atoms with Crippen molar-refractivity contribution in [1.29, 1.82) is 0 Å². The summed E-state index contributed by atoms with van der Waals surface area (Å²) in [6.07, 6.45) is 7.52. The fourth-order valence-corrected chi connectivity index (χ4v) is 1.99. The van der Waals surface area contributed by atoms with Crippen LogP contribution in [0, 0.1) is 0 Å². The second-order valence-corrected chi connectivity index (χ2v) is 4.78. The molecule has 17 heavy (non-hydrogen) atoms. The Hall–Kier alpha value is -0.970. The SMILES string of the molecule is CCNc1cc(NCCCCCSC)ncn1. The summed E-state index contributed by atoms with van der Waals surface area (Å²) in [6, 6.07) is 1.95. The molecule has 96 valence electrons. The summed E-state index contributed by atoms with van der Waals surface area (Å²) >= 11 is 1.91. The first-order valence-corrected chi connectivity index (χ1v) is 7.55. The average molecular weight is 254 g/mol. The van der Waals surface area contributed by atoms with Gasteiger partial charge in [-0.15, -0.1) is 0 Å². The van der Waals surface area contributed by atoms with E-state index in [1.807, 2.05) is 17.8 Å². The predicted octanol–water partition coefficient (Wildman–Crippen LogP) is 2.85. The Kier molecular flexibility index (Phi) is 7.54. The van der Waals surface area contributed by atoms with Crippen LogP contribution in [0.25, 0.3) is 0 Å². The summed E-state index contributed by atoms with van der Waals surface area (Å²) in [5.41, 5.74) is 0. The Balaban J connectivity index is 2.19. The van der Waals surface area contributed by atoms with Gasteiger partial charge in [-0.05, 0) is 31.8 Å². The molecule has 5 heteroatoms. The molecule has 0 atom stereocenters. The highest BCUT2D eigenvalue weighted by molar-refractivity contribution is 7.98. The van der Waals surface area contributed by atoms with Crippen molar-refractivity contribution in [3.8, 4) is 0 Å². The zero-order valence-corrected chi connectivity index (χ0v) is 11.5. The van der Waals surface area contributed by atoms with E-state index < -0.39 is 0 Å². The minimum atomic E-state index is 0.880. The molecule has 0 radical (unpaired) electrons. The fraction of sp³-hybridized carbons (Fsp3) is 0.667. The summed E-state index contributed by atoms with van der Waals surface area (Å²) in [6.45, 7) is 3.92. The predicted molar refractivity (Wildman–Crippen MR) is 76.9 cm³/mol. The first kappa shape index (κ1) is 14.1. The number of unbranched alkanes of at least 4 members (excludes halogenated alkanes) is 2. The Morgan fingerprint density at radius 2 is 1.88 bits per heavy atom. The molecule has 0 aliphatic heterocycles. The molecule has 0 fully saturated rings. The van der Waals surface area contributed by atoms with Crippen molar-refractivity contribution in [1.82, 2.24) is 9.97 Å². The molecule has 1 rings (SSSR count). The van der Waals surface area contributed by atoms with Crippen LogP contribution in [0.3, 0.4) is 0 Å². The minimum Gasteiger partial charge on any atom is -0.370 e. The van der Waals surface area contributed by atoms with Gasteiger partial charge in [0, 0.05) is 19.2 Å². The van der Waals surface area contributed by atoms with E-state index in [0.717, 1.165) is 24.7 Å². The molecule has 2 N–H and O–H groups in total. The van der Waals surface area contributed by atoms with Crippen LogP contribution in [0.5, 0.6) is 0 Å². The first-order chi connectivity index (χ1) is 8.36. The topological polar surface area (TPSA) is 49.8 Å². The van der Waals surface area contributed by atoms with E-state index in [0.29, 0.717) is 0 Å². The molecule has 0 aliphatic rings. The maximum absolute atomic E-state index is 4.19. The van der Waals surface area contributed by atoms with E-state index in [2.05, 4.69) is 33.8 Å². The maximum Gasteiger partial charge on any atom is 0.131 e. The molecule has 1 aromatic heterocycles. The van der Waals surface area contributed by atoms with Crippen LogP contribution in [0.2, 0.25) is 0 Å². The zero-order valence-electron chi connectivity index (χ0n) is 10.7. The van der Waals surface area contributed by atoms with E-state index >= 15 is 0 Å². The van der Waals surface area contributed by atoms with Crippen LogP contribution < -0.4 is 10.6 Å². The molecule has 0 saturated heterocycles. The Labute approximate surface area is 108 Å². The third-order valence-electron chi connectivity index (χ3n) is 2.36. The quantitative estimate of drug-likeness (QED) is 0.664. The van der Waals surface area contributed by atoms with Crippen molar-refractivity contribution in [2.24, 2.45) is 0 Å². The summed E-state index contributed by atoms with van der Waals surface area (Å²) in [5.74, 6) is 3.05. The molecule has 0 spiro atoms. The van der Waals surface area contributed by atoms with Crippen molar-refractivity contribution >= 4 is 23.4 Å². The third-order valence-corrected chi connectivity index (χ3v) is 3.05. The van der Waals surface area contributed by atoms with Gasteiger partial charge in [-0.1, -0.05) is 6.42 Å². The number of thioether (sulfide) groups is 1. The molecule has 0 aromatic carbocycles. The van der Waals surface area contributed by atoms with E-state index in [4.69, 9.17) is 0 Å². The van der Waals surface area contributed by atoms with Gasteiger partial charge in [0.25, 0.3) is 0 Å². The lowest BCUT2D eigenvalue weighted by Crippen LogP contribution is -2.06. The molecule has 0 aliphatic carbocycles. The van der Waals surface area contributed by atoms with Gasteiger partial charge in [0.2, 0.25) is 0 Å². The second-order valence-electron chi connectivity index (χ2n) is 3.80. The van der Waals surface area contributed by atoms with Gasteiger partial charge in [-0.2, -0.15) is 11.8 Å². The summed E-state index contributed by atoms with van der Waals surface area (Å²) in [7, 11) is 0. The first-order valence-electron chi connectivity index (χ1n) is 6.15. The monoisotopic (exact) mass is 254 g/mol. The molecular formula is C12H22N4S. The highest BCUT2D eigenvalue weighted by Crippen LogP contribution is 2.09. The van der Waals surface area contributed by atoms with Crippen LogP contribution in [-0.2, 0) is 0 Å². The van der Waals surface area contributed by atoms with Crippen LogP contribution in [-0.4, -0.2) is 35.1 Å². The summed E-state index contributed by atoms with van der Waals surface area (Å²) < 4.78 is 0. The van der Waals surface area contributed by atoms with Crippen molar-refractivity contribution < 1.29 is 0 Å². The third kappa shape index (κ3) is 6.36. The number of anilines is 2. The highest BCUT2D eigenvalue weighted by atomic mass is 32.2. The summed E-state index contributed by atoms with van der Waals surface area (Å²) in [5, 5.41) is 6.49. The Morgan fingerprint density at radius 3 is 2.59 bits per heavy atom. The molecule has 0 saturated carbocycles. The van der Waals surface area contributed by atoms with Crippen LogP contribution in [0.15, 0.2) is 12.4 Å². The molecule has 0 bridgehead atoms. The van der Waals surface area contributed by atoms with E-state index in [9.17, 15) is 0 Å². The fourth-order valence-electron chi connectivity index (χ4n) is 1.50. The van der Waals surface area contributed by atoms with Gasteiger partial charge in [-0.3, -0.25) is 0 Å². The minimum absolute atomic E-state index is 0.880. The largest absolute Gasteiger partial charge is 0.370 e. The number of aromatic nitrogens is 2. The van der Waals surface area contributed by atoms with Crippen molar-refractivity contribution in [3.63, 3.8) is 0 Å².